The zero-order chi connectivity index (χ0) is 25.0. The first-order chi connectivity index (χ1) is 16.0. The summed E-state index contributed by atoms with van der Waals surface area (Å²) in [6.45, 7) is 1.89. The molecule has 0 spiro atoms. The lowest BCUT2D eigenvalue weighted by atomic mass is 9.74. The number of piperidine rings is 1. The van der Waals surface area contributed by atoms with Gasteiger partial charge in [0, 0.05) is 34.5 Å². The molecule has 1 unspecified atom stereocenters. The Balaban J connectivity index is 2.16. The van der Waals surface area contributed by atoms with Crippen molar-refractivity contribution in [2.75, 3.05) is 12.8 Å². The zero-order valence-corrected chi connectivity index (χ0v) is 21.3. The highest BCUT2D eigenvalue weighted by atomic mass is 35.5. The van der Waals surface area contributed by atoms with Gasteiger partial charge in [0.1, 0.15) is 0 Å². The summed E-state index contributed by atoms with van der Waals surface area (Å²) < 4.78 is 26.1. The number of carboxylic acid groups (broad SMARTS) is 1. The summed E-state index contributed by atoms with van der Waals surface area (Å²) in [5.41, 5.74) is 1.71. The van der Waals surface area contributed by atoms with E-state index in [1.807, 2.05) is 37.3 Å². The molecule has 2 aromatic carbocycles. The van der Waals surface area contributed by atoms with Gasteiger partial charge in [0.05, 0.1) is 18.7 Å². The van der Waals surface area contributed by atoms with Crippen molar-refractivity contribution in [1.29, 1.82) is 0 Å². The highest BCUT2D eigenvalue weighted by molar-refractivity contribution is 7.88. The lowest BCUT2D eigenvalue weighted by Crippen LogP contribution is -2.54. The van der Waals surface area contributed by atoms with Gasteiger partial charge in [0.25, 0.3) is 0 Å². The van der Waals surface area contributed by atoms with Crippen LogP contribution in [0, 0.1) is 5.92 Å². The predicted octanol–water partition coefficient (Wildman–Crippen LogP) is 4.47. The molecule has 1 saturated heterocycles. The zero-order valence-electron chi connectivity index (χ0n) is 18.9. The van der Waals surface area contributed by atoms with Gasteiger partial charge in [0.15, 0.2) is 0 Å². The number of likely N-dealkylation sites (tertiary alicyclic amines) is 1. The van der Waals surface area contributed by atoms with E-state index in [9.17, 15) is 23.1 Å². The Kier molecular flexibility index (Phi) is 8.62. The highest BCUT2D eigenvalue weighted by Crippen LogP contribution is 2.47. The SMILES string of the molecule is CC[C@@H](CNS(C)(=O)=O)N1C(=O)[C@@H](CC(=O)O)C[C@H](c2cccc(Cl)c2)C1c1ccc(Cl)cc1. The Labute approximate surface area is 210 Å². The normalized spacial score (nSPS) is 21.9. The molecule has 7 nitrogen and oxygen atoms in total. The minimum atomic E-state index is -3.49. The molecule has 1 fully saturated rings. The number of amides is 1. The van der Waals surface area contributed by atoms with Crippen LogP contribution in [0.2, 0.25) is 10.0 Å². The maximum absolute atomic E-state index is 13.7. The molecule has 2 N–H and O–H groups in total. The largest absolute Gasteiger partial charge is 0.481 e. The van der Waals surface area contributed by atoms with Gasteiger partial charge in [0.2, 0.25) is 15.9 Å². The second kappa shape index (κ2) is 11.1. The topological polar surface area (TPSA) is 104 Å². The van der Waals surface area contributed by atoms with Crippen LogP contribution in [-0.2, 0) is 19.6 Å². The van der Waals surface area contributed by atoms with Crippen LogP contribution in [0.3, 0.4) is 0 Å². The molecule has 3 rings (SSSR count). The van der Waals surface area contributed by atoms with Crippen LogP contribution in [0.15, 0.2) is 48.5 Å². The van der Waals surface area contributed by atoms with Crippen molar-refractivity contribution >= 4 is 45.1 Å². The monoisotopic (exact) mass is 526 g/mol. The first-order valence-electron chi connectivity index (χ1n) is 11.0. The van der Waals surface area contributed by atoms with Crippen molar-refractivity contribution in [3.05, 3.63) is 69.7 Å². The molecule has 184 valence electrons. The van der Waals surface area contributed by atoms with E-state index in [0.717, 1.165) is 17.4 Å². The molecule has 0 bridgehead atoms. The number of carbonyl (C=O) groups is 2. The maximum Gasteiger partial charge on any atom is 0.304 e. The van der Waals surface area contributed by atoms with E-state index in [1.165, 1.54) is 0 Å². The predicted molar refractivity (Wildman–Crippen MR) is 133 cm³/mol. The number of nitrogens with one attached hydrogen (secondary N) is 1. The van der Waals surface area contributed by atoms with Crippen molar-refractivity contribution in [3.8, 4) is 0 Å². The lowest BCUT2D eigenvalue weighted by molar-refractivity contribution is -0.152. The molecule has 4 atom stereocenters. The summed E-state index contributed by atoms with van der Waals surface area (Å²) in [6.07, 6.45) is 1.55. The Morgan fingerprint density at radius 1 is 1.15 bits per heavy atom. The van der Waals surface area contributed by atoms with Crippen LogP contribution < -0.4 is 4.72 Å². The lowest BCUT2D eigenvalue weighted by Gasteiger charge is -2.48. The number of benzene rings is 2. The minimum Gasteiger partial charge on any atom is -0.481 e. The average Bonchev–Trinajstić information content (AvgIpc) is 2.76. The van der Waals surface area contributed by atoms with Gasteiger partial charge in [-0.3, -0.25) is 9.59 Å². The van der Waals surface area contributed by atoms with E-state index in [1.54, 1.807) is 23.1 Å². The third-order valence-electron chi connectivity index (χ3n) is 6.18. The standard InChI is InChI=1S/C24H28Cl2N2O5S/c1-3-20(14-27-34(2,32)33)28-23(15-7-9-18(25)10-8-15)21(16-5-4-6-19(26)11-16)12-17(24(28)31)13-22(29)30/h4-11,17,20-21,23,27H,3,12-14H2,1-2H3,(H,29,30)/t17-,20+,21-,23?/m1/s1. The summed E-state index contributed by atoms with van der Waals surface area (Å²) in [6, 6.07) is 13.6. The Morgan fingerprint density at radius 2 is 1.82 bits per heavy atom. The smallest absolute Gasteiger partial charge is 0.304 e. The van der Waals surface area contributed by atoms with Gasteiger partial charge in [-0.2, -0.15) is 0 Å². The van der Waals surface area contributed by atoms with Gasteiger partial charge in [-0.25, -0.2) is 13.1 Å². The van der Waals surface area contributed by atoms with Crippen molar-refractivity contribution in [2.45, 2.75) is 44.2 Å². The van der Waals surface area contributed by atoms with Crippen molar-refractivity contribution in [3.63, 3.8) is 0 Å². The number of nitrogens with zero attached hydrogens (tertiary/aromatic N) is 1. The first-order valence-corrected chi connectivity index (χ1v) is 13.6. The number of sulfonamides is 1. The second-order valence-electron chi connectivity index (χ2n) is 8.62. The van der Waals surface area contributed by atoms with E-state index in [4.69, 9.17) is 23.2 Å². The number of aliphatic carboxylic acids is 1. The van der Waals surface area contributed by atoms with E-state index in [-0.39, 0.29) is 24.8 Å². The summed E-state index contributed by atoms with van der Waals surface area (Å²) in [7, 11) is -3.49. The van der Waals surface area contributed by atoms with E-state index in [0.29, 0.717) is 22.9 Å². The summed E-state index contributed by atoms with van der Waals surface area (Å²) in [5, 5.41) is 10.6. The average molecular weight is 527 g/mol. The van der Waals surface area contributed by atoms with E-state index < -0.39 is 34.0 Å². The third kappa shape index (κ3) is 6.50. The Bertz CT molecular complexity index is 1140. The molecule has 1 aliphatic heterocycles. The van der Waals surface area contributed by atoms with Crippen LogP contribution >= 0.6 is 23.2 Å². The molecule has 10 heteroatoms. The number of rotatable bonds is 9. The number of hydrogen-bond donors (Lipinski definition) is 2. The number of carbonyl (C=O) groups excluding carboxylic acids is 1. The third-order valence-corrected chi connectivity index (χ3v) is 7.36. The number of halogens is 2. The fraction of sp³-hybridized carbons (Fsp3) is 0.417. The van der Waals surface area contributed by atoms with Gasteiger partial charge in [-0.05, 0) is 48.2 Å². The fourth-order valence-corrected chi connectivity index (χ4v) is 5.48. The first kappa shape index (κ1) is 26.5. The fourth-order valence-electron chi connectivity index (χ4n) is 4.66. The number of hydrogen-bond acceptors (Lipinski definition) is 4. The van der Waals surface area contributed by atoms with Crippen LogP contribution in [0.5, 0.6) is 0 Å². The highest BCUT2D eigenvalue weighted by Gasteiger charge is 2.46. The molecular weight excluding hydrogens is 499 g/mol. The molecule has 1 aliphatic rings. The molecule has 1 heterocycles. The van der Waals surface area contributed by atoms with Gasteiger partial charge in [-0.15, -0.1) is 0 Å². The maximum atomic E-state index is 13.7. The van der Waals surface area contributed by atoms with Crippen LogP contribution in [-0.4, -0.2) is 49.1 Å². The van der Waals surface area contributed by atoms with Crippen LogP contribution in [0.1, 0.15) is 49.3 Å². The van der Waals surface area contributed by atoms with Crippen molar-refractivity contribution < 1.29 is 23.1 Å². The Hall–Kier alpha value is -2.13. The molecule has 0 aromatic heterocycles. The molecule has 1 amide bonds. The van der Waals surface area contributed by atoms with Crippen LogP contribution in [0.4, 0.5) is 0 Å². The summed E-state index contributed by atoms with van der Waals surface area (Å²) in [5.74, 6) is -2.37. The van der Waals surface area contributed by atoms with Crippen molar-refractivity contribution in [2.24, 2.45) is 5.92 Å². The number of carboxylic acids is 1. The summed E-state index contributed by atoms with van der Waals surface area (Å²) in [4.78, 5) is 27.0. The van der Waals surface area contributed by atoms with E-state index in [2.05, 4.69) is 4.72 Å². The second-order valence-corrected chi connectivity index (χ2v) is 11.3. The molecule has 0 saturated carbocycles. The molecule has 34 heavy (non-hydrogen) atoms. The molecule has 2 aromatic rings. The molecule has 0 radical (unpaired) electrons. The van der Waals surface area contributed by atoms with Gasteiger partial charge < -0.3 is 10.0 Å². The minimum absolute atomic E-state index is 0.0211. The van der Waals surface area contributed by atoms with Gasteiger partial charge >= 0.3 is 5.97 Å². The Morgan fingerprint density at radius 3 is 2.38 bits per heavy atom. The van der Waals surface area contributed by atoms with E-state index >= 15 is 0 Å². The molecular formula is C24H28Cl2N2O5S. The van der Waals surface area contributed by atoms with Gasteiger partial charge in [-0.1, -0.05) is 54.4 Å². The summed E-state index contributed by atoms with van der Waals surface area (Å²) >= 11 is 12.4. The van der Waals surface area contributed by atoms with Crippen LogP contribution in [0.25, 0.3) is 0 Å². The quantitative estimate of drug-likeness (QED) is 0.501. The molecule has 0 aliphatic carbocycles. The van der Waals surface area contributed by atoms with Crippen molar-refractivity contribution in [1.82, 2.24) is 9.62 Å².